The molecule has 178 valence electrons. The summed E-state index contributed by atoms with van der Waals surface area (Å²) in [7, 11) is 3.60. The number of hydrogen-bond donors (Lipinski definition) is 2. The number of benzene rings is 2. The SMILES string of the molecule is CN(Cc1cnn(C)c1)C(=O)c1cccc(Nc2nccc(Nc3c(Cl)ccc4c3OCO4)n2)c1. The standard InChI is InChI=1S/C24H22ClN7O3/c1-31(12-15-11-27-32(2)13-15)23(33)16-4-3-5-17(10-16)28-24-26-9-8-20(30-24)29-21-18(25)6-7-19-22(21)35-14-34-19/h3-11,13H,12,14H2,1-2H3,(H2,26,28,29,30). The summed E-state index contributed by atoms with van der Waals surface area (Å²) in [6.07, 6.45) is 5.25. The molecule has 0 radical (unpaired) electrons. The average Bonchev–Trinajstić information content (AvgIpc) is 3.49. The van der Waals surface area contributed by atoms with Gasteiger partial charge < -0.3 is 25.0 Å². The van der Waals surface area contributed by atoms with E-state index in [2.05, 4.69) is 25.7 Å². The van der Waals surface area contributed by atoms with Gasteiger partial charge in [0, 0.05) is 49.8 Å². The second-order valence-electron chi connectivity index (χ2n) is 7.94. The molecule has 2 N–H and O–H groups in total. The summed E-state index contributed by atoms with van der Waals surface area (Å²) >= 11 is 6.35. The van der Waals surface area contributed by atoms with E-state index < -0.39 is 0 Å². The predicted molar refractivity (Wildman–Crippen MR) is 132 cm³/mol. The Morgan fingerprint density at radius 1 is 1.20 bits per heavy atom. The van der Waals surface area contributed by atoms with Gasteiger partial charge in [-0.2, -0.15) is 10.1 Å². The Balaban J connectivity index is 1.30. The van der Waals surface area contributed by atoms with Crippen molar-refractivity contribution in [2.24, 2.45) is 7.05 Å². The van der Waals surface area contributed by atoms with Gasteiger partial charge in [0.2, 0.25) is 12.7 Å². The Kier molecular flexibility index (Phi) is 6.11. The van der Waals surface area contributed by atoms with Gasteiger partial charge in [0.05, 0.1) is 11.2 Å². The van der Waals surface area contributed by atoms with Crippen LogP contribution in [-0.4, -0.2) is 44.4 Å². The number of anilines is 4. The Hall–Kier alpha value is -4.31. The molecule has 1 amide bonds. The van der Waals surface area contributed by atoms with Crippen molar-refractivity contribution in [3.8, 4) is 11.5 Å². The molecule has 1 aliphatic heterocycles. The summed E-state index contributed by atoms with van der Waals surface area (Å²) < 4.78 is 12.7. The number of aryl methyl sites for hydroxylation is 1. The molecule has 0 saturated carbocycles. The first-order valence-electron chi connectivity index (χ1n) is 10.7. The number of nitrogens with one attached hydrogen (secondary N) is 2. The Morgan fingerprint density at radius 2 is 2.09 bits per heavy atom. The highest BCUT2D eigenvalue weighted by molar-refractivity contribution is 6.33. The van der Waals surface area contributed by atoms with E-state index in [1.165, 1.54) is 0 Å². The first-order chi connectivity index (χ1) is 17.0. The molecule has 4 aromatic rings. The molecule has 11 heteroatoms. The molecule has 0 unspecified atom stereocenters. The van der Waals surface area contributed by atoms with Crippen molar-refractivity contribution < 1.29 is 14.3 Å². The lowest BCUT2D eigenvalue weighted by Gasteiger charge is -2.17. The maximum absolute atomic E-state index is 12.9. The maximum atomic E-state index is 12.9. The van der Waals surface area contributed by atoms with Crippen molar-refractivity contribution in [1.82, 2.24) is 24.6 Å². The first-order valence-corrected chi connectivity index (χ1v) is 11.1. The molecule has 0 aliphatic carbocycles. The first kappa shape index (κ1) is 22.5. The number of carbonyl (C=O) groups excluding carboxylic acids is 1. The third kappa shape index (κ3) is 4.97. The van der Waals surface area contributed by atoms with Crippen LogP contribution in [0.1, 0.15) is 15.9 Å². The van der Waals surface area contributed by atoms with Crippen molar-refractivity contribution in [2.45, 2.75) is 6.54 Å². The monoisotopic (exact) mass is 491 g/mol. The second-order valence-corrected chi connectivity index (χ2v) is 8.34. The van der Waals surface area contributed by atoms with Crippen LogP contribution in [0.15, 0.2) is 61.1 Å². The zero-order valence-electron chi connectivity index (χ0n) is 19.0. The van der Waals surface area contributed by atoms with Gasteiger partial charge in [-0.3, -0.25) is 9.48 Å². The van der Waals surface area contributed by atoms with Gasteiger partial charge in [0.1, 0.15) is 11.5 Å². The normalized spacial score (nSPS) is 11.9. The van der Waals surface area contributed by atoms with Gasteiger partial charge in [-0.25, -0.2) is 4.98 Å². The molecule has 0 fully saturated rings. The van der Waals surface area contributed by atoms with E-state index in [1.807, 2.05) is 19.3 Å². The number of carbonyl (C=O) groups is 1. The van der Waals surface area contributed by atoms with Gasteiger partial charge in [-0.05, 0) is 36.4 Å². The Bertz CT molecular complexity index is 1390. The highest BCUT2D eigenvalue weighted by Gasteiger charge is 2.21. The topological polar surface area (TPSA) is 106 Å². The van der Waals surface area contributed by atoms with Crippen LogP contribution in [0.25, 0.3) is 0 Å². The van der Waals surface area contributed by atoms with Crippen LogP contribution in [0.5, 0.6) is 11.5 Å². The lowest BCUT2D eigenvalue weighted by molar-refractivity contribution is 0.0785. The van der Waals surface area contributed by atoms with Gasteiger partial charge in [0.25, 0.3) is 5.91 Å². The maximum Gasteiger partial charge on any atom is 0.253 e. The van der Waals surface area contributed by atoms with Gasteiger partial charge >= 0.3 is 0 Å². The van der Waals surface area contributed by atoms with Crippen LogP contribution in [0.3, 0.4) is 0 Å². The molecule has 0 atom stereocenters. The largest absolute Gasteiger partial charge is 0.454 e. The third-order valence-electron chi connectivity index (χ3n) is 5.29. The van der Waals surface area contributed by atoms with E-state index in [9.17, 15) is 4.79 Å². The molecule has 2 aromatic heterocycles. The van der Waals surface area contributed by atoms with Crippen LogP contribution < -0.4 is 20.1 Å². The lowest BCUT2D eigenvalue weighted by atomic mass is 10.1. The molecule has 1 aliphatic rings. The fraction of sp³-hybridized carbons (Fsp3) is 0.167. The number of fused-ring (bicyclic) bond motifs is 1. The Morgan fingerprint density at radius 3 is 2.91 bits per heavy atom. The highest BCUT2D eigenvalue weighted by Crippen LogP contribution is 2.44. The molecule has 0 spiro atoms. The Labute approximate surface area is 206 Å². The van der Waals surface area contributed by atoms with Crippen LogP contribution in [0.4, 0.5) is 23.1 Å². The van der Waals surface area contributed by atoms with E-state index in [-0.39, 0.29) is 12.7 Å². The molecule has 0 saturated heterocycles. The van der Waals surface area contributed by atoms with Crippen LogP contribution in [0, 0.1) is 0 Å². The van der Waals surface area contributed by atoms with Crippen molar-refractivity contribution in [3.05, 3.63) is 77.2 Å². The molecule has 3 heterocycles. The molecule has 0 bridgehead atoms. The molecular weight excluding hydrogens is 470 g/mol. The zero-order valence-corrected chi connectivity index (χ0v) is 19.8. The van der Waals surface area contributed by atoms with Gasteiger partial charge in [0.15, 0.2) is 11.5 Å². The van der Waals surface area contributed by atoms with E-state index in [0.717, 1.165) is 5.56 Å². The highest BCUT2D eigenvalue weighted by atomic mass is 35.5. The third-order valence-corrected chi connectivity index (χ3v) is 5.60. The summed E-state index contributed by atoms with van der Waals surface area (Å²) in [6.45, 7) is 0.592. The summed E-state index contributed by atoms with van der Waals surface area (Å²) in [6, 6.07) is 12.4. The average molecular weight is 492 g/mol. The summed E-state index contributed by atoms with van der Waals surface area (Å²) in [5.74, 6) is 1.90. The van der Waals surface area contributed by atoms with Crippen LogP contribution in [-0.2, 0) is 13.6 Å². The van der Waals surface area contributed by atoms with E-state index in [4.69, 9.17) is 21.1 Å². The molecular formula is C24H22ClN7O3. The summed E-state index contributed by atoms with van der Waals surface area (Å²) in [5, 5.41) is 10.9. The van der Waals surface area contributed by atoms with Crippen molar-refractivity contribution >= 4 is 40.6 Å². The van der Waals surface area contributed by atoms with Gasteiger partial charge in [-0.15, -0.1) is 0 Å². The minimum absolute atomic E-state index is 0.108. The smallest absolute Gasteiger partial charge is 0.253 e. The number of ether oxygens (including phenoxy) is 2. The van der Waals surface area contributed by atoms with Crippen LogP contribution in [0.2, 0.25) is 5.02 Å². The van der Waals surface area contributed by atoms with Crippen LogP contribution >= 0.6 is 11.6 Å². The number of nitrogens with zero attached hydrogens (tertiary/aromatic N) is 5. The fourth-order valence-corrected chi connectivity index (χ4v) is 3.86. The van der Waals surface area contributed by atoms with E-state index in [0.29, 0.717) is 51.8 Å². The minimum atomic E-state index is -0.108. The lowest BCUT2D eigenvalue weighted by Crippen LogP contribution is -2.26. The number of rotatable bonds is 7. The predicted octanol–water partition coefficient (Wildman–Crippen LogP) is 4.35. The summed E-state index contributed by atoms with van der Waals surface area (Å²) in [5.41, 5.74) is 2.74. The van der Waals surface area contributed by atoms with E-state index in [1.54, 1.807) is 65.4 Å². The number of aromatic nitrogens is 4. The van der Waals surface area contributed by atoms with E-state index >= 15 is 0 Å². The van der Waals surface area contributed by atoms with Crippen molar-refractivity contribution in [1.29, 1.82) is 0 Å². The molecule has 2 aromatic carbocycles. The fourth-order valence-electron chi connectivity index (χ4n) is 3.66. The molecule has 35 heavy (non-hydrogen) atoms. The number of hydrogen-bond acceptors (Lipinski definition) is 8. The van der Waals surface area contributed by atoms with Crippen molar-refractivity contribution in [3.63, 3.8) is 0 Å². The van der Waals surface area contributed by atoms with Gasteiger partial charge in [-0.1, -0.05) is 17.7 Å². The number of amides is 1. The molecule has 5 rings (SSSR count). The second kappa shape index (κ2) is 9.51. The quantitative estimate of drug-likeness (QED) is 0.393. The summed E-state index contributed by atoms with van der Waals surface area (Å²) in [4.78, 5) is 23.4. The molecule has 10 nitrogen and oxygen atoms in total. The number of halogens is 1. The van der Waals surface area contributed by atoms with Crippen molar-refractivity contribution in [2.75, 3.05) is 24.5 Å². The zero-order chi connectivity index (χ0) is 24.4. The minimum Gasteiger partial charge on any atom is -0.454 e.